The van der Waals surface area contributed by atoms with Crippen molar-refractivity contribution in [2.75, 3.05) is 0 Å². The maximum atomic E-state index is 8.43. The molecule has 0 saturated carbocycles. The number of halogens is 1. The molecule has 0 aliphatic heterocycles. The molecule has 2 aromatic carbocycles. The Morgan fingerprint density at radius 2 is 1.93 bits per heavy atom. The van der Waals surface area contributed by atoms with Crippen molar-refractivity contribution in [3.05, 3.63) is 47.0 Å². The molecule has 0 fully saturated rings. The molecule has 0 spiro atoms. The SMILES string of the molecule is ON=Cc1ccc2ccccc2c1Cl. The summed E-state index contributed by atoms with van der Waals surface area (Å²) in [4.78, 5) is 0. The van der Waals surface area contributed by atoms with Crippen LogP contribution in [0.3, 0.4) is 0 Å². The molecule has 70 valence electrons. The third kappa shape index (κ3) is 1.44. The zero-order valence-corrected chi connectivity index (χ0v) is 8.07. The normalized spacial score (nSPS) is 11.2. The summed E-state index contributed by atoms with van der Waals surface area (Å²) in [6, 6.07) is 11.6. The summed E-state index contributed by atoms with van der Waals surface area (Å²) in [6.45, 7) is 0. The van der Waals surface area contributed by atoms with E-state index in [1.165, 1.54) is 6.21 Å². The summed E-state index contributed by atoms with van der Waals surface area (Å²) in [7, 11) is 0. The van der Waals surface area contributed by atoms with Crippen molar-refractivity contribution in [1.82, 2.24) is 0 Å². The van der Waals surface area contributed by atoms with Crippen LogP contribution in [0.1, 0.15) is 5.56 Å². The van der Waals surface area contributed by atoms with Gasteiger partial charge in [-0.2, -0.15) is 0 Å². The highest BCUT2D eigenvalue weighted by Crippen LogP contribution is 2.25. The van der Waals surface area contributed by atoms with Crippen LogP contribution in [-0.4, -0.2) is 11.4 Å². The fraction of sp³-hybridized carbons (Fsp3) is 0. The van der Waals surface area contributed by atoms with Crippen LogP contribution in [0.2, 0.25) is 5.02 Å². The van der Waals surface area contributed by atoms with E-state index in [2.05, 4.69) is 5.16 Å². The van der Waals surface area contributed by atoms with E-state index in [0.29, 0.717) is 10.6 Å². The standard InChI is InChI=1S/C11H8ClNO/c12-11-9(7-13-14)6-5-8-3-1-2-4-10(8)11/h1-7,14H. The monoisotopic (exact) mass is 205 g/mol. The zero-order valence-electron chi connectivity index (χ0n) is 7.31. The lowest BCUT2D eigenvalue weighted by Crippen LogP contribution is -1.84. The van der Waals surface area contributed by atoms with Crippen molar-refractivity contribution in [3.8, 4) is 0 Å². The van der Waals surface area contributed by atoms with Crippen LogP contribution in [0.4, 0.5) is 0 Å². The molecular formula is C11H8ClNO. The van der Waals surface area contributed by atoms with Gasteiger partial charge in [-0.1, -0.05) is 53.2 Å². The van der Waals surface area contributed by atoms with Gasteiger partial charge in [-0.15, -0.1) is 0 Å². The van der Waals surface area contributed by atoms with Crippen molar-refractivity contribution in [1.29, 1.82) is 0 Å². The highest BCUT2D eigenvalue weighted by Gasteiger charge is 2.02. The van der Waals surface area contributed by atoms with E-state index in [9.17, 15) is 0 Å². The highest BCUT2D eigenvalue weighted by atomic mass is 35.5. The Hall–Kier alpha value is -1.54. The van der Waals surface area contributed by atoms with Crippen LogP contribution >= 0.6 is 11.6 Å². The molecule has 0 amide bonds. The van der Waals surface area contributed by atoms with Crippen molar-refractivity contribution in [2.45, 2.75) is 0 Å². The van der Waals surface area contributed by atoms with Gasteiger partial charge in [0.2, 0.25) is 0 Å². The van der Waals surface area contributed by atoms with E-state index in [4.69, 9.17) is 16.8 Å². The molecule has 0 atom stereocenters. The van der Waals surface area contributed by atoms with Crippen molar-refractivity contribution < 1.29 is 5.21 Å². The largest absolute Gasteiger partial charge is 0.411 e. The fourth-order valence-corrected chi connectivity index (χ4v) is 1.70. The second kappa shape index (κ2) is 3.68. The number of rotatable bonds is 1. The smallest absolute Gasteiger partial charge is 0.0749 e. The van der Waals surface area contributed by atoms with Crippen LogP contribution < -0.4 is 0 Å². The number of nitrogens with zero attached hydrogens (tertiary/aromatic N) is 1. The highest BCUT2D eigenvalue weighted by molar-refractivity contribution is 6.38. The molecule has 2 rings (SSSR count). The third-order valence-corrected chi connectivity index (χ3v) is 2.51. The van der Waals surface area contributed by atoms with Gasteiger partial charge in [0.15, 0.2) is 0 Å². The van der Waals surface area contributed by atoms with E-state index < -0.39 is 0 Å². The number of hydrogen-bond acceptors (Lipinski definition) is 2. The Bertz CT molecular complexity index is 494. The molecule has 0 aliphatic carbocycles. The second-order valence-electron chi connectivity index (χ2n) is 2.93. The van der Waals surface area contributed by atoms with Crippen LogP contribution in [0.5, 0.6) is 0 Å². The van der Waals surface area contributed by atoms with E-state index in [-0.39, 0.29) is 0 Å². The third-order valence-electron chi connectivity index (χ3n) is 2.09. The van der Waals surface area contributed by atoms with E-state index >= 15 is 0 Å². The number of oxime groups is 1. The van der Waals surface area contributed by atoms with Crippen molar-refractivity contribution >= 4 is 28.6 Å². The molecule has 14 heavy (non-hydrogen) atoms. The van der Waals surface area contributed by atoms with Crippen LogP contribution in [0, 0.1) is 0 Å². The molecule has 3 heteroatoms. The molecule has 0 unspecified atom stereocenters. The lowest BCUT2D eigenvalue weighted by Gasteiger charge is -2.02. The summed E-state index contributed by atoms with van der Waals surface area (Å²) in [5, 5.41) is 14.0. The Kier molecular flexibility index (Phi) is 2.37. The maximum absolute atomic E-state index is 8.43. The van der Waals surface area contributed by atoms with Gasteiger partial charge in [0, 0.05) is 10.9 Å². The Morgan fingerprint density at radius 3 is 2.71 bits per heavy atom. The molecule has 0 aliphatic rings. The molecule has 2 aromatic rings. The van der Waals surface area contributed by atoms with Gasteiger partial charge >= 0.3 is 0 Å². The van der Waals surface area contributed by atoms with Gasteiger partial charge < -0.3 is 5.21 Å². The molecule has 2 nitrogen and oxygen atoms in total. The van der Waals surface area contributed by atoms with Gasteiger partial charge in [0.1, 0.15) is 0 Å². The minimum Gasteiger partial charge on any atom is -0.411 e. The maximum Gasteiger partial charge on any atom is 0.0749 e. The number of hydrogen-bond donors (Lipinski definition) is 1. The zero-order chi connectivity index (χ0) is 9.97. The van der Waals surface area contributed by atoms with Crippen molar-refractivity contribution in [2.24, 2.45) is 5.16 Å². The number of benzene rings is 2. The Morgan fingerprint density at radius 1 is 1.14 bits per heavy atom. The lowest BCUT2D eigenvalue weighted by molar-refractivity contribution is 0.322. The summed E-state index contributed by atoms with van der Waals surface area (Å²) >= 11 is 6.12. The van der Waals surface area contributed by atoms with Crippen LogP contribution in [0.25, 0.3) is 10.8 Å². The molecule has 0 aromatic heterocycles. The van der Waals surface area contributed by atoms with Crippen LogP contribution in [0.15, 0.2) is 41.6 Å². The first-order valence-corrected chi connectivity index (χ1v) is 4.55. The molecule has 0 saturated heterocycles. The minimum atomic E-state index is 0.612. The van der Waals surface area contributed by atoms with E-state index in [1.54, 1.807) is 0 Å². The summed E-state index contributed by atoms with van der Waals surface area (Å²) in [5.41, 5.74) is 0.716. The van der Waals surface area contributed by atoms with E-state index in [0.717, 1.165) is 10.8 Å². The summed E-state index contributed by atoms with van der Waals surface area (Å²) in [5.74, 6) is 0. The molecule has 0 bridgehead atoms. The van der Waals surface area contributed by atoms with E-state index in [1.807, 2.05) is 36.4 Å². The first-order chi connectivity index (χ1) is 6.83. The topological polar surface area (TPSA) is 32.6 Å². The predicted molar refractivity (Wildman–Crippen MR) is 58.3 cm³/mol. The first kappa shape index (κ1) is 9.03. The Labute approximate surface area is 86.4 Å². The van der Waals surface area contributed by atoms with Gasteiger partial charge in [0.05, 0.1) is 11.2 Å². The molecular weight excluding hydrogens is 198 g/mol. The fourth-order valence-electron chi connectivity index (χ4n) is 1.41. The second-order valence-corrected chi connectivity index (χ2v) is 3.31. The van der Waals surface area contributed by atoms with Gasteiger partial charge in [0.25, 0.3) is 0 Å². The number of fused-ring (bicyclic) bond motifs is 1. The van der Waals surface area contributed by atoms with Crippen LogP contribution in [-0.2, 0) is 0 Å². The average Bonchev–Trinajstić information content (AvgIpc) is 2.23. The molecule has 0 heterocycles. The summed E-state index contributed by atoms with van der Waals surface area (Å²) in [6.07, 6.45) is 1.33. The quantitative estimate of drug-likeness (QED) is 0.433. The molecule has 1 N–H and O–H groups in total. The lowest BCUT2D eigenvalue weighted by atomic mass is 10.1. The average molecular weight is 206 g/mol. The van der Waals surface area contributed by atoms with Gasteiger partial charge in [-0.3, -0.25) is 0 Å². The summed E-state index contributed by atoms with van der Waals surface area (Å²) < 4.78 is 0. The van der Waals surface area contributed by atoms with Gasteiger partial charge in [-0.05, 0) is 5.39 Å². The van der Waals surface area contributed by atoms with Gasteiger partial charge in [-0.25, -0.2) is 0 Å². The molecule has 0 radical (unpaired) electrons. The predicted octanol–water partition coefficient (Wildman–Crippen LogP) is 3.30. The minimum absolute atomic E-state index is 0.612. The first-order valence-electron chi connectivity index (χ1n) is 4.17. The Balaban J connectivity index is 2.75. The van der Waals surface area contributed by atoms with Crippen molar-refractivity contribution in [3.63, 3.8) is 0 Å².